The summed E-state index contributed by atoms with van der Waals surface area (Å²) in [5.74, 6) is 1.47. The number of hydrogen-bond donors (Lipinski definition) is 2. The summed E-state index contributed by atoms with van der Waals surface area (Å²) in [5.41, 5.74) is 0.300. The summed E-state index contributed by atoms with van der Waals surface area (Å²) in [5, 5.41) is 10.5. The van der Waals surface area contributed by atoms with E-state index in [1.54, 1.807) is 6.07 Å². The summed E-state index contributed by atoms with van der Waals surface area (Å²) in [7, 11) is -2.22. The quantitative estimate of drug-likeness (QED) is 0.550. The van der Waals surface area contributed by atoms with Crippen molar-refractivity contribution in [2.24, 2.45) is 0 Å². The third kappa shape index (κ3) is 5.25. The van der Waals surface area contributed by atoms with Gasteiger partial charge in [-0.05, 0) is 31.0 Å². The van der Waals surface area contributed by atoms with Crippen LogP contribution in [0, 0.1) is 0 Å². The van der Waals surface area contributed by atoms with E-state index in [9.17, 15) is 13.2 Å². The summed E-state index contributed by atoms with van der Waals surface area (Å²) >= 11 is 1.23. The number of methoxy groups -OCH3 is 1. The van der Waals surface area contributed by atoms with Crippen molar-refractivity contribution >= 4 is 33.4 Å². The smallest absolute Gasteiger partial charge is 0.243 e. The predicted octanol–water partition coefficient (Wildman–Crippen LogP) is 2.22. The Morgan fingerprint density at radius 2 is 2.06 bits per heavy atom. The van der Waals surface area contributed by atoms with Crippen LogP contribution < -0.4 is 10.1 Å². The summed E-state index contributed by atoms with van der Waals surface area (Å²) < 4.78 is 37.8. The van der Waals surface area contributed by atoms with E-state index in [0.717, 1.165) is 18.7 Å². The molecule has 1 aromatic heterocycles. The van der Waals surface area contributed by atoms with Gasteiger partial charge in [-0.15, -0.1) is 5.10 Å². The largest absolute Gasteiger partial charge is 0.495 e. The predicted molar refractivity (Wildman–Crippen MR) is 120 cm³/mol. The van der Waals surface area contributed by atoms with Gasteiger partial charge >= 0.3 is 0 Å². The summed E-state index contributed by atoms with van der Waals surface area (Å²) in [4.78, 5) is 17.1. The SMILES string of the molecule is COc1ccc(S(=O)(=O)N2CCOCC2)cc1NC(=O)CSc1n[nH]c(C2CCCC2)n1. The molecule has 1 aliphatic carbocycles. The Kier molecular flexibility index (Phi) is 7.33. The van der Waals surface area contributed by atoms with Crippen molar-refractivity contribution in [2.75, 3.05) is 44.5 Å². The van der Waals surface area contributed by atoms with Crippen LogP contribution in [-0.4, -0.2) is 73.0 Å². The molecule has 2 heterocycles. The first-order valence-electron chi connectivity index (χ1n) is 10.6. The highest BCUT2D eigenvalue weighted by molar-refractivity contribution is 7.99. The van der Waals surface area contributed by atoms with Crippen molar-refractivity contribution in [1.82, 2.24) is 19.5 Å². The Balaban J connectivity index is 1.41. The number of aromatic nitrogens is 3. The van der Waals surface area contributed by atoms with E-state index >= 15 is 0 Å². The number of ether oxygens (including phenoxy) is 2. The van der Waals surface area contributed by atoms with E-state index in [1.165, 1.54) is 48.2 Å². The number of rotatable bonds is 8. The molecular weight excluding hydrogens is 454 g/mol. The number of nitrogens with one attached hydrogen (secondary N) is 2. The van der Waals surface area contributed by atoms with E-state index in [1.807, 2.05) is 0 Å². The lowest BCUT2D eigenvalue weighted by Crippen LogP contribution is -2.40. The molecular formula is C20H27N5O5S2. The Morgan fingerprint density at radius 1 is 1.31 bits per heavy atom. The zero-order valence-electron chi connectivity index (χ0n) is 17.9. The second kappa shape index (κ2) is 10.2. The van der Waals surface area contributed by atoms with Crippen LogP contribution in [0.2, 0.25) is 0 Å². The minimum absolute atomic E-state index is 0.0888. The number of carbonyl (C=O) groups is 1. The monoisotopic (exact) mass is 481 g/mol. The fourth-order valence-electron chi connectivity index (χ4n) is 3.90. The van der Waals surface area contributed by atoms with Gasteiger partial charge in [0.05, 0.1) is 36.7 Å². The molecule has 0 unspecified atom stereocenters. The van der Waals surface area contributed by atoms with Gasteiger partial charge in [-0.3, -0.25) is 9.89 Å². The maximum atomic E-state index is 12.9. The van der Waals surface area contributed by atoms with Crippen molar-refractivity contribution in [3.63, 3.8) is 0 Å². The number of carbonyl (C=O) groups excluding carboxylic acids is 1. The fourth-order valence-corrected chi connectivity index (χ4v) is 5.94. The second-order valence-corrected chi connectivity index (χ2v) is 10.6. The first-order valence-corrected chi connectivity index (χ1v) is 13.0. The molecule has 1 saturated carbocycles. The fraction of sp³-hybridized carbons (Fsp3) is 0.550. The molecule has 2 aliphatic rings. The van der Waals surface area contributed by atoms with E-state index in [-0.39, 0.29) is 16.6 Å². The molecule has 0 bridgehead atoms. The van der Waals surface area contributed by atoms with Gasteiger partial charge in [0.2, 0.25) is 21.1 Å². The van der Waals surface area contributed by atoms with E-state index in [0.29, 0.717) is 48.8 Å². The molecule has 1 aliphatic heterocycles. The maximum Gasteiger partial charge on any atom is 0.243 e. The van der Waals surface area contributed by atoms with Gasteiger partial charge in [0.25, 0.3) is 0 Å². The molecule has 10 nitrogen and oxygen atoms in total. The van der Waals surface area contributed by atoms with Gasteiger partial charge in [-0.25, -0.2) is 13.4 Å². The lowest BCUT2D eigenvalue weighted by atomic mass is 10.1. The number of morpholine rings is 1. The van der Waals surface area contributed by atoms with Gasteiger partial charge in [0.1, 0.15) is 11.6 Å². The third-order valence-corrected chi connectivity index (χ3v) is 8.35. The van der Waals surface area contributed by atoms with Crippen LogP contribution in [0.1, 0.15) is 37.4 Å². The van der Waals surface area contributed by atoms with Gasteiger partial charge < -0.3 is 14.8 Å². The number of nitrogens with zero attached hydrogens (tertiary/aromatic N) is 3. The first-order chi connectivity index (χ1) is 15.5. The highest BCUT2D eigenvalue weighted by atomic mass is 32.2. The van der Waals surface area contributed by atoms with E-state index in [2.05, 4.69) is 20.5 Å². The normalized spacial score (nSPS) is 18.0. The standard InChI is InChI=1S/C20H27N5O5S2/c1-29-17-7-6-15(32(27,28)25-8-10-30-11-9-25)12-16(17)21-18(26)13-31-20-22-19(23-24-20)14-4-2-3-5-14/h6-7,12,14H,2-5,8-11,13H2,1H3,(H,21,26)(H,22,23,24). The van der Waals surface area contributed by atoms with Gasteiger partial charge in [-0.1, -0.05) is 24.6 Å². The number of hydrogen-bond acceptors (Lipinski definition) is 8. The van der Waals surface area contributed by atoms with Crippen LogP contribution in [0.15, 0.2) is 28.3 Å². The minimum Gasteiger partial charge on any atom is -0.495 e. The number of aromatic amines is 1. The van der Waals surface area contributed by atoms with Crippen molar-refractivity contribution in [1.29, 1.82) is 0 Å². The molecule has 1 saturated heterocycles. The Labute approximate surface area is 191 Å². The van der Waals surface area contributed by atoms with Crippen molar-refractivity contribution in [3.05, 3.63) is 24.0 Å². The topological polar surface area (TPSA) is 127 Å². The molecule has 2 aromatic rings. The summed E-state index contributed by atoms with van der Waals surface area (Å²) in [6.45, 7) is 1.32. The third-order valence-electron chi connectivity index (χ3n) is 5.61. The Morgan fingerprint density at radius 3 is 2.78 bits per heavy atom. The second-order valence-electron chi connectivity index (χ2n) is 7.70. The highest BCUT2D eigenvalue weighted by Gasteiger charge is 2.27. The van der Waals surface area contributed by atoms with Crippen molar-refractivity contribution in [2.45, 2.75) is 41.7 Å². The highest BCUT2D eigenvalue weighted by Crippen LogP contribution is 2.33. The molecule has 2 N–H and O–H groups in total. The molecule has 12 heteroatoms. The summed E-state index contributed by atoms with van der Waals surface area (Å²) in [6.07, 6.45) is 4.64. The number of H-pyrrole nitrogens is 1. The van der Waals surface area contributed by atoms with Crippen molar-refractivity contribution in [3.8, 4) is 5.75 Å². The summed E-state index contributed by atoms with van der Waals surface area (Å²) in [6, 6.07) is 4.45. The number of anilines is 1. The molecule has 2 fully saturated rings. The lowest BCUT2D eigenvalue weighted by molar-refractivity contribution is -0.113. The van der Waals surface area contributed by atoms with E-state index < -0.39 is 10.0 Å². The van der Waals surface area contributed by atoms with Crippen LogP contribution in [0.5, 0.6) is 5.75 Å². The molecule has 1 aromatic carbocycles. The number of sulfonamides is 1. The lowest BCUT2D eigenvalue weighted by Gasteiger charge is -2.26. The molecule has 0 atom stereocenters. The molecule has 32 heavy (non-hydrogen) atoms. The first kappa shape index (κ1) is 23.0. The number of benzene rings is 1. The minimum atomic E-state index is -3.69. The number of thioether (sulfide) groups is 1. The molecule has 0 spiro atoms. The number of amides is 1. The van der Waals surface area contributed by atoms with Gasteiger partial charge in [-0.2, -0.15) is 4.31 Å². The van der Waals surface area contributed by atoms with Gasteiger partial charge in [0, 0.05) is 19.0 Å². The van der Waals surface area contributed by atoms with Crippen LogP contribution >= 0.6 is 11.8 Å². The maximum absolute atomic E-state index is 12.9. The Hall–Kier alpha value is -2.15. The molecule has 4 rings (SSSR count). The van der Waals surface area contributed by atoms with Crippen LogP contribution in [-0.2, 0) is 19.6 Å². The Bertz CT molecular complexity index is 1050. The molecule has 0 radical (unpaired) electrons. The van der Waals surface area contributed by atoms with Gasteiger partial charge in [0.15, 0.2) is 0 Å². The zero-order valence-corrected chi connectivity index (χ0v) is 19.5. The van der Waals surface area contributed by atoms with Crippen LogP contribution in [0.25, 0.3) is 0 Å². The van der Waals surface area contributed by atoms with E-state index in [4.69, 9.17) is 9.47 Å². The molecule has 174 valence electrons. The zero-order chi connectivity index (χ0) is 22.6. The van der Waals surface area contributed by atoms with Crippen molar-refractivity contribution < 1.29 is 22.7 Å². The van der Waals surface area contributed by atoms with Crippen LogP contribution in [0.3, 0.4) is 0 Å². The van der Waals surface area contributed by atoms with Crippen LogP contribution in [0.4, 0.5) is 5.69 Å². The average molecular weight is 482 g/mol. The average Bonchev–Trinajstić information content (AvgIpc) is 3.50. The molecule has 1 amide bonds.